The van der Waals surface area contributed by atoms with Gasteiger partial charge in [-0.05, 0) is 53.1 Å². The number of nitrogens with two attached hydrogens (primary N) is 1. The first-order chi connectivity index (χ1) is 8.63. The lowest BCUT2D eigenvalue weighted by molar-refractivity contribution is 0.271. The van der Waals surface area contributed by atoms with Gasteiger partial charge in [0.1, 0.15) is 5.82 Å². The third-order valence-electron chi connectivity index (χ3n) is 4.18. The molecule has 3 rings (SSSR count). The maximum atomic E-state index is 6.28. The SMILES string of the molecule is NC1CC[C@@H]2CN(c3ncc(Br)cc3Cl)C[C@@H]2C1. The Morgan fingerprint density at radius 3 is 2.89 bits per heavy atom. The Balaban J connectivity index is 1.78. The van der Waals surface area contributed by atoms with Crippen molar-refractivity contribution in [3.63, 3.8) is 0 Å². The van der Waals surface area contributed by atoms with Crippen LogP contribution in [-0.4, -0.2) is 24.1 Å². The van der Waals surface area contributed by atoms with Crippen molar-refractivity contribution in [3.05, 3.63) is 21.8 Å². The molecule has 0 radical (unpaired) electrons. The Kier molecular flexibility index (Phi) is 3.52. The minimum absolute atomic E-state index is 0.388. The highest BCUT2D eigenvalue weighted by Crippen LogP contribution is 2.39. The molecule has 2 fully saturated rings. The molecule has 1 aromatic heterocycles. The number of pyridine rings is 1. The summed E-state index contributed by atoms with van der Waals surface area (Å²) >= 11 is 9.67. The summed E-state index contributed by atoms with van der Waals surface area (Å²) in [6.07, 6.45) is 5.37. The average Bonchev–Trinajstić information content (AvgIpc) is 2.71. The first-order valence-corrected chi connectivity index (χ1v) is 7.62. The van der Waals surface area contributed by atoms with Crippen LogP contribution in [0.4, 0.5) is 5.82 Å². The second-order valence-corrected chi connectivity index (χ2v) is 6.78. The fraction of sp³-hybridized carbons (Fsp3) is 0.615. The molecule has 1 aromatic rings. The first kappa shape index (κ1) is 12.7. The predicted molar refractivity (Wildman–Crippen MR) is 78.0 cm³/mol. The molecule has 1 aliphatic carbocycles. The van der Waals surface area contributed by atoms with Gasteiger partial charge in [-0.3, -0.25) is 0 Å². The van der Waals surface area contributed by atoms with Crippen LogP contribution in [0.2, 0.25) is 5.02 Å². The van der Waals surface area contributed by atoms with Gasteiger partial charge in [0.15, 0.2) is 0 Å². The van der Waals surface area contributed by atoms with E-state index in [0.717, 1.165) is 53.1 Å². The fourth-order valence-electron chi connectivity index (χ4n) is 3.28. The summed E-state index contributed by atoms with van der Waals surface area (Å²) in [5.41, 5.74) is 6.06. The van der Waals surface area contributed by atoms with Crippen LogP contribution in [0.15, 0.2) is 16.7 Å². The normalized spacial score (nSPS) is 31.5. The minimum atomic E-state index is 0.388. The van der Waals surface area contributed by atoms with Crippen molar-refractivity contribution in [3.8, 4) is 0 Å². The summed E-state index contributed by atoms with van der Waals surface area (Å²) < 4.78 is 0.926. The molecule has 2 heterocycles. The first-order valence-electron chi connectivity index (χ1n) is 6.45. The second-order valence-electron chi connectivity index (χ2n) is 5.46. The molecule has 0 spiro atoms. The van der Waals surface area contributed by atoms with Gasteiger partial charge in [-0.15, -0.1) is 0 Å². The summed E-state index contributed by atoms with van der Waals surface area (Å²) in [4.78, 5) is 6.77. The van der Waals surface area contributed by atoms with Crippen LogP contribution < -0.4 is 10.6 Å². The van der Waals surface area contributed by atoms with Crippen LogP contribution >= 0.6 is 27.5 Å². The minimum Gasteiger partial charge on any atom is -0.355 e. The lowest BCUT2D eigenvalue weighted by Crippen LogP contribution is -2.32. The topological polar surface area (TPSA) is 42.1 Å². The van der Waals surface area contributed by atoms with Gasteiger partial charge in [0.05, 0.1) is 5.02 Å². The summed E-state index contributed by atoms with van der Waals surface area (Å²) in [6, 6.07) is 2.30. The maximum absolute atomic E-state index is 6.28. The molecule has 1 saturated carbocycles. The molecule has 2 aliphatic rings. The fourth-order valence-corrected chi connectivity index (χ4v) is 4.03. The predicted octanol–water partition coefficient (Wildman–Crippen LogP) is 3.06. The lowest BCUT2D eigenvalue weighted by Gasteiger charge is -2.27. The highest BCUT2D eigenvalue weighted by atomic mass is 79.9. The van der Waals surface area contributed by atoms with Crippen molar-refractivity contribution in [1.29, 1.82) is 0 Å². The van der Waals surface area contributed by atoms with Crippen LogP contribution in [-0.2, 0) is 0 Å². The molecule has 98 valence electrons. The van der Waals surface area contributed by atoms with Crippen LogP contribution in [0.25, 0.3) is 0 Å². The Morgan fingerprint density at radius 1 is 1.33 bits per heavy atom. The van der Waals surface area contributed by atoms with Crippen LogP contribution in [0.5, 0.6) is 0 Å². The number of halogens is 2. The third-order valence-corrected chi connectivity index (χ3v) is 4.89. The number of hydrogen-bond donors (Lipinski definition) is 1. The van der Waals surface area contributed by atoms with E-state index < -0.39 is 0 Å². The van der Waals surface area contributed by atoms with Crippen molar-refractivity contribution in [1.82, 2.24) is 4.98 Å². The standard InChI is InChI=1S/C13H17BrClN3/c14-10-4-12(15)13(17-5-10)18-6-8-1-2-11(16)3-9(8)7-18/h4-5,8-9,11H,1-3,6-7,16H2/t8-,9+,11?/m1/s1. The molecule has 18 heavy (non-hydrogen) atoms. The van der Waals surface area contributed by atoms with Crippen molar-refractivity contribution >= 4 is 33.3 Å². The van der Waals surface area contributed by atoms with E-state index in [9.17, 15) is 0 Å². The number of fused-ring (bicyclic) bond motifs is 1. The zero-order valence-corrected chi connectivity index (χ0v) is 12.5. The van der Waals surface area contributed by atoms with Crippen LogP contribution in [0, 0.1) is 11.8 Å². The van der Waals surface area contributed by atoms with E-state index in [1.807, 2.05) is 12.3 Å². The van der Waals surface area contributed by atoms with Crippen molar-refractivity contribution in [2.75, 3.05) is 18.0 Å². The zero-order chi connectivity index (χ0) is 12.7. The van der Waals surface area contributed by atoms with E-state index in [-0.39, 0.29) is 0 Å². The number of aromatic nitrogens is 1. The lowest BCUT2D eigenvalue weighted by atomic mass is 9.79. The summed E-state index contributed by atoms with van der Waals surface area (Å²) in [5, 5.41) is 0.729. The summed E-state index contributed by atoms with van der Waals surface area (Å²) in [5.74, 6) is 2.41. The molecule has 1 unspecified atom stereocenters. The van der Waals surface area contributed by atoms with Gasteiger partial charge in [-0.25, -0.2) is 4.98 Å². The average molecular weight is 331 g/mol. The third kappa shape index (κ3) is 2.38. The molecule has 0 aromatic carbocycles. The molecule has 0 bridgehead atoms. The second kappa shape index (κ2) is 4.99. The Bertz CT molecular complexity index is 454. The molecular weight excluding hydrogens is 314 g/mol. The molecular formula is C13H17BrClN3. The van der Waals surface area contributed by atoms with Gasteiger partial charge >= 0.3 is 0 Å². The molecule has 5 heteroatoms. The van der Waals surface area contributed by atoms with E-state index in [4.69, 9.17) is 17.3 Å². The maximum Gasteiger partial charge on any atom is 0.147 e. The van der Waals surface area contributed by atoms with Crippen molar-refractivity contribution in [2.24, 2.45) is 17.6 Å². The van der Waals surface area contributed by atoms with Gasteiger partial charge in [0, 0.05) is 29.8 Å². The molecule has 1 saturated heterocycles. The van der Waals surface area contributed by atoms with Gasteiger partial charge < -0.3 is 10.6 Å². The van der Waals surface area contributed by atoms with E-state index in [2.05, 4.69) is 25.8 Å². The Labute approximate surface area is 121 Å². The molecule has 1 aliphatic heterocycles. The van der Waals surface area contributed by atoms with Gasteiger partial charge in [0.2, 0.25) is 0 Å². The summed E-state index contributed by atoms with van der Waals surface area (Å²) in [6.45, 7) is 2.12. The molecule has 3 atom stereocenters. The van der Waals surface area contributed by atoms with E-state index >= 15 is 0 Å². The number of rotatable bonds is 1. The largest absolute Gasteiger partial charge is 0.355 e. The van der Waals surface area contributed by atoms with Gasteiger partial charge in [0.25, 0.3) is 0 Å². The Morgan fingerprint density at radius 2 is 2.11 bits per heavy atom. The molecule has 2 N–H and O–H groups in total. The quantitative estimate of drug-likeness (QED) is 0.860. The van der Waals surface area contributed by atoms with Gasteiger partial charge in [-0.1, -0.05) is 11.6 Å². The Hall–Kier alpha value is -0.320. The summed E-state index contributed by atoms with van der Waals surface area (Å²) in [7, 11) is 0. The van der Waals surface area contributed by atoms with Crippen molar-refractivity contribution in [2.45, 2.75) is 25.3 Å². The molecule has 3 nitrogen and oxygen atoms in total. The highest BCUT2D eigenvalue weighted by molar-refractivity contribution is 9.10. The molecule has 0 amide bonds. The monoisotopic (exact) mass is 329 g/mol. The van der Waals surface area contributed by atoms with Crippen LogP contribution in [0.1, 0.15) is 19.3 Å². The van der Waals surface area contributed by atoms with E-state index in [0.29, 0.717) is 6.04 Å². The van der Waals surface area contributed by atoms with Crippen LogP contribution in [0.3, 0.4) is 0 Å². The smallest absolute Gasteiger partial charge is 0.147 e. The number of hydrogen-bond acceptors (Lipinski definition) is 3. The van der Waals surface area contributed by atoms with Crippen molar-refractivity contribution < 1.29 is 0 Å². The highest BCUT2D eigenvalue weighted by Gasteiger charge is 2.37. The number of anilines is 1. The van der Waals surface area contributed by atoms with E-state index in [1.54, 1.807) is 0 Å². The zero-order valence-electron chi connectivity index (χ0n) is 10.1. The van der Waals surface area contributed by atoms with Gasteiger partial charge in [-0.2, -0.15) is 0 Å². The van der Waals surface area contributed by atoms with E-state index in [1.165, 1.54) is 6.42 Å². The number of nitrogens with zero attached hydrogens (tertiary/aromatic N) is 2.